The Bertz CT molecular complexity index is 1260. The number of hydrogen-bond acceptors (Lipinski definition) is 2. The zero-order valence-corrected chi connectivity index (χ0v) is 22.7. The van der Waals surface area contributed by atoms with Crippen LogP contribution in [0.5, 0.6) is 0 Å². The van der Waals surface area contributed by atoms with Crippen LogP contribution >= 0.6 is 0 Å². The second kappa shape index (κ2) is 10.2. The summed E-state index contributed by atoms with van der Waals surface area (Å²) in [6, 6.07) is 10.0. The monoisotopic (exact) mass is 564 g/mol. The summed E-state index contributed by atoms with van der Waals surface area (Å²) < 4.78 is 80.1. The molecule has 216 valence electrons. The molecule has 3 nitrogen and oxygen atoms in total. The van der Waals surface area contributed by atoms with Gasteiger partial charge in [-0.25, -0.2) is 0 Å². The third-order valence-corrected chi connectivity index (χ3v) is 9.37. The number of nitrogens with zero attached hydrogens (tertiary/aromatic N) is 2. The van der Waals surface area contributed by atoms with Crippen molar-refractivity contribution in [3.63, 3.8) is 0 Å². The van der Waals surface area contributed by atoms with Crippen LogP contribution in [0.4, 0.5) is 26.3 Å². The van der Waals surface area contributed by atoms with Crippen molar-refractivity contribution in [2.24, 2.45) is 11.3 Å². The largest absolute Gasteiger partial charge is 0.416 e. The number of piperidine rings is 1. The smallest absolute Gasteiger partial charge is 0.338 e. The molecule has 3 aliphatic rings. The highest BCUT2D eigenvalue weighted by Crippen LogP contribution is 2.46. The van der Waals surface area contributed by atoms with Crippen LogP contribution in [0.15, 0.2) is 48.5 Å². The van der Waals surface area contributed by atoms with E-state index in [1.54, 1.807) is 0 Å². The highest BCUT2D eigenvalue weighted by Gasteiger charge is 2.49. The van der Waals surface area contributed by atoms with Gasteiger partial charge in [0.2, 0.25) is 5.91 Å². The van der Waals surface area contributed by atoms with Crippen molar-refractivity contribution in [2.75, 3.05) is 26.2 Å². The van der Waals surface area contributed by atoms with E-state index in [0.717, 1.165) is 44.6 Å². The summed E-state index contributed by atoms with van der Waals surface area (Å²) in [5.41, 5.74) is -0.871. The predicted molar refractivity (Wildman–Crippen MR) is 141 cm³/mol. The van der Waals surface area contributed by atoms with Crippen LogP contribution in [0, 0.1) is 11.3 Å². The molecule has 2 fully saturated rings. The van der Waals surface area contributed by atoms with Crippen LogP contribution in [-0.4, -0.2) is 41.9 Å². The van der Waals surface area contributed by atoms with Crippen molar-refractivity contribution in [2.45, 2.75) is 63.8 Å². The first-order valence-corrected chi connectivity index (χ1v) is 13.8. The first-order chi connectivity index (χ1) is 18.7. The Morgan fingerprint density at radius 3 is 2.10 bits per heavy atom. The Morgan fingerprint density at radius 1 is 0.875 bits per heavy atom. The van der Waals surface area contributed by atoms with Crippen molar-refractivity contribution in [1.82, 2.24) is 9.80 Å². The maximum atomic E-state index is 13.7. The van der Waals surface area contributed by atoms with Crippen LogP contribution in [0.1, 0.15) is 67.3 Å². The van der Waals surface area contributed by atoms with Gasteiger partial charge in [0, 0.05) is 18.5 Å². The third-order valence-electron chi connectivity index (χ3n) is 9.37. The van der Waals surface area contributed by atoms with Crippen LogP contribution in [0.25, 0.3) is 6.08 Å². The van der Waals surface area contributed by atoms with Gasteiger partial charge in [-0.2, -0.15) is 26.3 Å². The molecule has 0 bridgehead atoms. The van der Waals surface area contributed by atoms with E-state index in [2.05, 4.69) is 35.3 Å². The lowest BCUT2D eigenvalue weighted by Gasteiger charge is -2.41. The Morgan fingerprint density at radius 2 is 1.50 bits per heavy atom. The molecule has 2 heterocycles. The predicted octanol–water partition coefficient (Wildman–Crippen LogP) is 7.55. The van der Waals surface area contributed by atoms with Gasteiger partial charge in [-0.3, -0.25) is 4.79 Å². The summed E-state index contributed by atoms with van der Waals surface area (Å²) in [4.78, 5) is 17.5. The fourth-order valence-electron chi connectivity index (χ4n) is 6.80. The number of benzene rings is 2. The van der Waals surface area contributed by atoms with Crippen molar-refractivity contribution >= 4 is 12.0 Å². The minimum Gasteiger partial charge on any atom is -0.338 e. The minimum atomic E-state index is -4.92. The van der Waals surface area contributed by atoms with Gasteiger partial charge < -0.3 is 9.80 Å². The average Bonchev–Trinajstić information content (AvgIpc) is 3.41. The summed E-state index contributed by atoms with van der Waals surface area (Å²) in [6.45, 7) is 6.49. The standard InChI is InChI=1S/C31H34F6N2O/c1-21(2)29(11-15-38-13-9-28(10-14-38)8-7-23-5-3-4-6-26(23)28)12-16-39(27(29)40)20-22-17-24(30(32,33)34)19-25(18-22)31(35,36)37/h3-8,17-19,21H,9-16,20H2,1-2H3. The molecule has 40 heavy (non-hydrogen) atoms. The molecule has 0 N–H and O–H groups in total. The fourth-order valence-corrected chi connectivity index (χ4v) is 6.80. The summed E-state index contributed by atoms with van der Waals surface area (Å²) in [5, 5.41) is 0. The van der Waals surface area contributed by atoms with Crippen molar-refractivity contribution in [1.29, 1.82) is 0 Å². The number of amides is 1. The number of likely N-dealkylation sites (tertiary alicyclic amines) is 2. The van der Waals surface area contributed by atoms with Crippen molar-refractivity contribution in [3.8, 4) is 0 Å². The van der Waals surface area contributed by atoms with E-state index in [1.807, 2.05) is 19.9 Å². The number of fused-ring (bicyclic) bond motifs is 2. The van der Waals surface area contributed by atoms with Crippen LogP contribution in [-0.2, 0) is 29.1 Å². The van der Waals surface area contributed by atoms with Gasteiger partial charge in [0.15, 0.2) is 0 Å². The lowest BCUT2D eigenvalue weighted by Crippen LogP contribution is -2.45. The third kappa shape index (κ3) is 5.29. The number of halogens is 6. The van der Waals surface area contributed by atoms with Crippen LogP contribution in [0.3, 0.4) is 0 Å². The number of allylic oxidation sites excluding steroid dienone is 1. The normalized spacial score (nSPS) is 23.0. The fraction of sp³-hybridized carbons (Fsp3) is 0.516. The summed E-state index contributed by atoms with van der Waals surface area (Å²) in [7, 11) is 0. The van der Waals surface area contributed by atoms with E-state index in [-0.39, 0.29) is 35.4 Å². The minimum absolute atomic E-state index is 0.0157. The number of rotatable bonds is 6. The SMILES string of the molecule is CC(C)C1(CCN2CCC3(C=Cc4ccccc43)CC2)CCN(Cc2cc(C(F)(F)F)cc(C(F)(F)F)c2)C1=O. The quantitative estimate of drug-likeness (QED) is 0.338. The Balaban J connectivity index is 1.26. The molecule has 5 rings (SSSR count). The van der Waals surface area contributed by atoms with Gasteiger partial charge in [0.1, 0.15) is 0 Å². The van der Waals surface area contributed by atoms with Gasteiger partial charge in [0.05, 0.1) is 16.5 Å². The van der Waals surface area contributed by atoms with Gasteiger partial charge >= 0.3 is 12.4 Å². The summed E-state index contributed by atoms with van der Waals surface area (Å²) >= 11 is 0. The zero-order chi connectivity index (χ0) is 28.9. The van der Waals surface area contributed by atoms with Crippen LogP contribution < -0.4 is 0 Å². The van der Waals surface area contributed by atoms with Crippen molar-refractivity contribution < 1.29 is 31.1 Å². The Kier molecular flexibility index (Phi) is 7.34. The molecule has 1 unspecified atom stereocenters. The topological polar surface area (TPSA) is 23.6 Å². The molecule has 9 heteroatoms. The maximum absolute atomic E-state index is 13.7. The number of carbonyl (C=O) groups is 1. The molecule has 2 aromatic carbocycles. The van der Waals surface area contributed by atoms with E-state index < -0.39 is 28.9 Å². The molecule has 1 spiro atoms. The lowest BCUT2D eigenvalue weighted by atomic mass is 9.72. The molecule has 1 amide bonds. The van der Waals surface area contributed by atoms with E-state index >= 15 is 0 Å². The van der Waals surface area contributed by atoms with Gasteiger partial charge in [-0.15, -0.1) is 0 Å². The van der Waals surface area contributed by atoms with Gasteiger partial charge in [-0.05, 0) is 86.1 Å². The molecule has 1 aliphatic carbocycles. The van der Waals surface area contributed by atoms with Gasteiger partial charge in [0.25, 0.3) is 0 Å². The van der Waals surface area contributed by atoms with E-state index in [9.17, 15) is 31.1 Å². The molecule has 1 atom stereocenters. The maximum Gasteiger partial charge on any atom is 0.416 e. The van der Waals surface area contributed by atoms with Crippen molar-refractivity contribution in [3.05, 3.63) is 76.4 Å². The average molecular weight is 565 g/mol. The van der Waals surface area contributed by atoms with Gasteiger partial charge in [-0.1, -0.05) is 50.3 Å². The lowest BCUT2D eigenvalue weighted by molar-refractivity contribution is -0.143. The molecule has 2 saturated heterocycles. The molecular formula is C31H34F6N2O. The molecule has 2 aliphatic heterocycles. The molecular weight excluding hydrogens is 530 g/mol. The zero-order valence-electron chi connectivity index (χ0n) is 22.7. The second-order valence-electron chi connectivity index (χ2n) is 11.9. The molecule has 0 aromatic heterocycles. The highest BCUT2D eigenvalue weighted by atomic mass is 19.4. The van der Waals surface area contributed by atoms with E-state index in [4.69, 9.17) is 0 Å². The Labute approximate surface area is 230 Å². The Hall–Kier alpha value is -2.81. The number of hydrogen-bond donors (Lipinski definition) is 0. The number of carbonyl (C=O) groups excluding carboxylic acids is 1. The summed E-state index contributed by atoms with van der Waals surface area (Å²) in [6.07, 6.45) is -2.20. The highest BCUT2D eigenvalue weighted by molar-refractivity contribution is 5.85. The molecule has 0 saturated carbocycles. The molecule has 2 aromatic rings. The second-order valence-corrected chi connectivity index (χ2v) is 11.9. The first kappa shape index (κ1) is 28.7. The first-order valence-electron chi connectivity index (χ1n) is 13.8. The summed E-state index contributed by atoms with van der Waals surface area (Å²) in [5.74, 6) is -0.201. The number of alkyl halides is 6. The van der Waals surface area contributed by atoms with Crippen LogP contribution in [0.2, 0.25) is 0 Å². The van der Waals surface area contributed by atoms with E-state index in [1.165, 1.54) is 16.0 Å². The van der Waals surface area contributed by atoms with E-state index in [0.29, 0.717) is 19.4 Å². The molecule has 0 radical (unpaired) electrons.